The third-order valence-corrected chi connectivity index (χ3v) is 2.70. The van der Waals surface area contributed by atoms with E-state index in [1.54, 1.807) is 0 Å². The van der Waals surface area contributed by atoms with Crippen molar-refractivity contribution in [2.24, 2.45) is 0 Å². The van der Waals surface area contributed by atoms with Crippen molar-refractivity contribution in [3.05, 3.63) is 47.0 Å². The molecule has 0 spiro atoms. The summed E-state index contributed by atoms with van der Waals surface area (Å²) in [6.07, 6.45) is -1.85. The molecule has 6 heteroatoms. The first-order valence-corrected chi connectivity index (χ1v) is 5.64. The number of hydrogen-bond donors (Lipinski definition) is 0. The zero-order valence-electron chi connectivity index (χ0n) is 9.76. The van der Waals surface area contributed by atoms with Crippen LogP contribution in [-0.4, -0.2) is 12.4 Å². The predicted molar refractivity (Wildman–Crippen MR) is 59.0 cm³/mol. The molecular formula is C13H10F4O2. The smallest absolute Gasteiger partial charge is 0.416 e. The molecule has 0 amide bonds. The molecule has 0 aliphatic carbocycles. The van der Waals surface area contributed by atoms with Gasteiger partial charge < -0.3 is 4.74 Å². The fourth-order valence-corrected chi connectivity index (χ4v) is 1.72. The van der Waals surface area contributed by atoms with Gasteiger partial charge in [-0.15, -0.1) is 0 Å². The lowest BCUT2D eigenvalue weighted by atomic mass is 10.0. The highest BCUT2D eigenvalue weighted by molar-refractivity contribution is 6.07. The Labute approximate surface area is 106 Å². The maximum atomic E-state index is 13.5. The molecule has 0 saturated heterocycles. The number of allylic oxidation sites excluding steroid dienone is 2. The van der Waals surface area contributed by atoms with Gasteiger partial charge in [-0.25, -0.2) is 4.39 Å². The molecule has 19 heavy (non-hydrogen) atoms. The second-order valence-corrected chi connectivity index (χ2v) is 4.08. The minimum Gasteiger partial charge on any atom is -0.490 e. The van der Waals surface area contributed by atoms with E-state index >= 15 is 0 Å². The molecule has 2 rings (SSSR count). The number of carbonyl (C=O) groups excluding carboxylic acids is 1. The lowest BCUT2D eigenvalue weighted by molar-refractivity contribution is -0.137. The van der Waals surface area contributed by atoms with Gasteiger partial charge in [-0.1, -0.05) is 0 Å². The van der Waals surface area contributed by atoms with Crippen LogP contribution in [0.3, 0.4) is 0 Å². The summed E-state index contributed by atoms with van der Waals surface area (Å²) < 4.78 is 56.1. The summed E-state index contributed by atoms with van der Waals surface area (Å²) >= 11 is 0. The maximum Gasteiger partial charge on any atom is 0.416 e. The van der Waals surface area contributed by atoms with E-state index in [4.69, 9.17) is 4.74 Å². The van der Waals surface area contributed by atoms with Crippen LogP contribution in [0.2, 0.25) is 0 Å². The van der Waals surface area contributed by atoms with E-state index in [9.17, 15) is 22.4 Å². The Hall–Kier alpha value is -1.85. The van der Waals surface area contributed by atoms with Gasteiger partial charge in [-0.2, -0.15) is 13.2 Å². The van der Waals surface area contributed by atoms with Crippen LogP contribution in [0.1, 0.15) is 28.8 Å². The largest absolute Gasteiger partial charge is 0.490 e. The van der Waals surface area contributed by atoms with E-state index in [1.165, 1.54) is 6.08 Å². The molecule has 1 aromatic carbocycles. The van der Waals surface area contributed by atoms with Crippen LogP contribution in [0.4, 0.5) is 17.6 Å². The number of halogens is 4. The summed E-state index contributed by atoms with van der Waals surface area (Å²) in [5.74, 6) is -1.94. The Morgan fingerprint density at radius 1 is 1.26 bits per heavy atom. The van der Waals surface area contributed by atoms with Crippen molar-refractivity contribution < 1.29 is 27.1 Å². The molecule has 1 aliphatic heterocycles. The normalized spacial score (nSPS) is 15.7. The Kier molecular flexibility index (Phi) is 3.59. The first-order chi connectivity index (χ1) is 8.89. The van der Waals surface area contributed by atoms with Crippen molar-refractivity contribution in [1.29, 1.82) is 0 Å². The van der Waals surface area contributed by atoms with Crippen molar-refractivity contribution in [3.8, 4) is 0 Å². The average Bonchev–Trinajstić information content (AvgIpc) is 2.38. The first-order valence-electron chi connectivity index (χ1n) is 5.64. The maximum absolute atomic E-state index is 13.5. The third kappa shape index (κ3) is 2.94. The number of alkyl halides is 3. The molecule has 1 aliphatic rings. The lowest BCUT2D eigenvalue weighted by Gasteiger charge is -2.15. The van der Waals surface area contributed by atoms with Crippen LogP contribution in [0.25, 0.3) is 0 Å². The summed E-state index contributed by atoms with van der Waals surface area (Å²) in [7, 11) is 0. The van der Waals surface area contributed by atoms with Crippen molar-refractivity contribution in [3.63, 3.8) is 0 Å². The highest BCUT2D eigenvalue weighted by Crippen LogP contribution is 2.31. The molecule has 1 heterocycles. The lowest BCUT2D eigenvalue weighted by Crippen LogP contribution is -2.14. The van der Waals surface area contributed by atoms with Gasteiger partial charge in [0, 0.05) is 0 Å². The van der Waals surface area contributed by atoms with Crippen LogP contribution in [0.15, 0.2) is 30.0 Å². The van der Waals surface area contributed by atoms with Crippen LogP contribution in [0, 0.1) is 5.82 Å². The predicted octanol–water partition coefficient (Wildman–Crippen LogP) is 3.72. The number of benzene rings is 1. The van der Waals surface area contributed by atoms with Crippen molar-refractivity contribution in [2.75, 3.05) is 6.61 Å². The molecule has 0 bridgehead atoms. The van der Waals surface area contributed by atoms with E-state index in [0.717, 1.165) is 6.42 Å². The van der Waals surface area contributed by atoms with Crippen LogP contribution in [0.5, 0.6) is 0 Å². The molecule has 1 aromatic rings. The van der Waals surface area contributed by atoms with Gasteiger partial charge in [0.15, 0.2) is 5.76 Å². The van der Waals surface area contributed by atoms with Gasteiger partial charge in [0.05, 0.1) is 17.7 Å². The highest BCUT2D eigenvalue weighted by Gasteiger charge is 2.32. The van der Waals surface area contributed by atoms with Crippen molar-refractivity contribution in [1.82, 2.24) is 0 Å². The van der Waals surface area contributed by atoms with Gasteiger partial charge in [0.2, 0.25) is 5.78 Å². The SMILES string of the molecule is O=C(C1=CCCCO1)c1cc(C(F)(F)F)ccc1F. The van der Waals surface area contributed by atoms with Gasteiger partial charge in [0.1, 0.15) is 5.82 Å². The molecule has 0 unspecified atom stereocenters. The van der Waals surface area contributed by atoms with E-state index in [1.807, 2.05) is 0 Å². The zero-order valence-corrected chi connectivity index (χ0v) is 9.76. The number of ether oxygens (including phenoxy) is 1. The van der Waals surface area contributed by atoms with Crippen LogP contribution >= 0.6 is 0 Å². The molecule has 0 aromatic heterocycles. The fraction of sp³-hybridized carbons (Fsp3) is 0.308. The molecule has 102 valence electrons. The van der Waals surface area contributed by atoms with E-state index in [0.29, 0.717) is 31.2 Å². The highest BCUT2D eigenvalue weighted by atomic mass is 19.4. The van der Waals surface area contributed by atoms with Crippen LogP contribution < -0.4 is 0 Å². The standard InChI is InChI=1S/C13H10F4O2/c14-10-5-4-8(13(15,16)17)7-9(10)12(18)11-3-1-2-6-19-11/h3-5,7H,1-2,6H2. The second kappa shape index (κ2) is 5.03. The summed E-state index contributed by atoms with van der Waals surface area (Å²) in [5.41, 5.74) is -1.68. The second-order valence-electron chi connectivity index (χ2n) is 4.08. The van der Waals surface area contributed by atoms with Crippen molar-refractivity contribution in [2.45, 2.75) is 19.0 Å². The van der Waals surface area contributed by atoms with Gasteiger partial charge in [0.25, 0.3) is 0 Å². The molecule has 0 N–H and O–H groups in total. The Morgan fingerprint density at radius 2 is 2.00 bits per heavy atom. The Morgan fingerprint density at radius 3 is 2.58 bits per heavy atom. The summed E-state index contributed by atoms with van der Waals surface area (Å²) in [4.78, 5) is 11.9. The average molecular weight is 274 g/mol. The Balaban J connectivity index is 2.38. The monoisotopic (exact) mass is 274 g/mol. The molecular weight excluding hydrogens is 264 g/mol. The van der Waals surface area contributed by atoms with E-state index in [2.05, 4.69) is 0 Å². The number of ketones is 1. The van der Waals surface area contributed by atoms with E-state index in [-0.39, 0.29) is 5.76 Å². The zero-order chi connectivity index (χ0) is 14.0. The quantitative estimate of drug-likeness (QED) is 0.607. The van der Waals surface area contributed by atoms with Gasteiger partial charge >= 0.3 is 6.18 Å². The number of rotatable bonds is 2. The number of carbonyl (C=O) groups is 1. The van der Waals surface area contributed by atoms with Gasteiger partial charge in [-0.05, 0) is 37.1 Å². The minimum absolute atomic E-state index is 0.0931. The topological polar surface area (TPSA) is 26.3 Å². The van der Waals surface area contributed by atoms with Crippen molar-refractivity contribution >= 4 is 5.78 Å². The van der Waals surface area contributed by atoms with E-state index < -0.39 is 28.9 Å². The summed E-state index contributed by atoms with van der Waals surface area (Å²) in [6.45, 7) is 0.304. The minimum atomic E-state index is -4.62. The number of Topliss-reactive ketones (excluding diaryl/α,β-unsaturated/α-hetero) is 1. The molecule has 0 fully saturated rings. The third-order valence-electron chi connectivity index (χ3n) is 2.70. The molecule has 2 nitrogen and oxygen atoms in total. The fourth-order valence-electron chi connectivity index (χ4n) is 1.72. The number of hydrogen-bond acceptors (Lipinski definition) is 2. The van der Waals surface area contributed by atoms with Crippen LogP contribution in [-0.2, 0) is 10.9 Å². The summed E-state index contributed by atoms with van der Waals surface area (Å²) in [6, 6.07) is 1.75. The Bertz CT molecular complexity index is 532. The summed E-state index contributed by atoms with van der Waals surface area (Å²) in [5, 5.41) is 0. The first kappa shape index (κ1) is 13.6. The molecule has 0 saturated carbocycles. The molecule has 0 atom stereocenters. The molecule has 0 radical (unpaired) electrons. The van der Waals surface area contributed by atoms with Gasteiger partial charge in [-0.3, -0.25) is 4.79 Å².